The Balaban J connectivity index is 1.58. The summed E-state index contributed by atoms with van der Waals surface area (Å²) in [5.41, 5.74) is -1.74. The van der Waals surface area contributed by atoms with Gasteiger partial charge in [-0.1, -0.05) is 5.16 Å². The maximum atomic E-state index is 15.5. The van der Waals surface area contributed by atoms with Crippen LogP contribution >= 0.6 is 0 Å². The average Bonchev–Trinajstić information content (AvgIpc) is 3.20. The zero-order chi connectivity index (χ0) is 18.9. The molecule has 0 radical (unpaired) electrons. The Labute approximate surface area is 153 Å². The molecular formula is C18H15F2N5O2. The Morgan fingerprint density at radius 1 is 1.26 bits per heavy atom. The highest BCUT2D eigenvalue weighted by atomic mass is 19.1. The number of hydrogen-bond donors (Lipinski definition) is 0. The maximum absolute atomic E-state index is 15.5. The van der Waals surface area contributed by atoms with Crippen molar-refractivity contribution in [2.24, 2.45) is 0 Å². The van der Waals surface area contributed by atoms with Gasteiger partial charge in [-0.05, 0) is 37.1 Å². The van der Waals surface area contributed by atoms with E-state index in [-0.39, 0.29) is 30.4 Å². The van der Waals surface area contributed by atoms with Crippen molar-refractivity contribution in [1.29, 1.82) is 0 Å². The van der Waals surface area contributed by atoms with Crippen LogP contribution in [-0.2, 0) is 5.67 Å². The van der Waals surface area contributed by atoms with Gasteiger partial charge in [0.25, 0.3) is 11.8 Å². The van der Waals surface area contributed by atoms with Gasteiger partial charge in [-0.3, -0.25) is 9.78 Å². The molecule has 1 aliphatic heterocycles. The molecular weight excluding hydrogens is 356 g/mol. The van der Waals surface area contributed by atoms with Gasteiger partial charge in [0.05, 0.1) is 6.54 Å². The number of nitrogens with zero attached hydrogens (tertiary/aromatic N) is 5. The summed E-state index contributed by atoms with van der Waals surface area (Å²) >= 11 is 0. The van der Waals surface area contributed by atoms with Gasteiger partial charge in [0.2, 0.25) is 11.5 Å². The second kappa shape index (κ2) is 6.82. The monoisotopic (exact) mass is 371 g/mol. The summed E-state index contributed by atoms with van der Waals surface area (Å²) < 4.78 is 34.5. The molecule has 0 aliphatic carbocycles. The molecule has 4 heterocycles. The minimum absolute atomic E-state index is 0.121. The highest BCUT2D eigenvalue weighted by Gasteiger charge is 2.44. The topological polar surface area (TPSA) is 85.0 Å². The molecule has 9 heteroatoms. The molecule has 0 spiro atoms. The van der Waals surface area contributed by atoms with E-state index in [2.05, 4.69) is 20.1 Å². The molecule has 1 atom stereocenters. The van der Waals surface area contributed by atoms with E-state index >= 15 is 4.39 Å². The van der Waals surface area contributed by atoms with Crippen molar-refractivity contribution < 1.29 is 18.1 Å². The molecule has 1 aliphatic rings. The Kier molecular flexibility index (Phi) is 4.35. The van der Waals surface area contributed by atoms with E-state index in [0.29, 0.717) is 18.5 Å². The van der Waals surface area contributed by atoms with E-state index in [0.717, 1.165) is 6.07 Å². The number of piperidine rings is 1. The first kappa shape index (κ1) is 17.2. The first-order chi connectivity index (χ1) is 13.1. The van der Waals surface area contributed by atoms with Crippen molar-refractivity contribution in [2.75, 3.05) is 13.1 Å². The number of halogens is 2. The molecule has 138 valence electrons. The summed E-state index contributed by atoms with van der Waals surface area (Å²) in [6, 6.07) is 5.97. The van der Waals surface area contributed by atoms with Gasteiger partial charge in [-0.2, -0.15) is 4.98 Å². The standard InChI is InChI=1S/C18H15F2N5O2/c19-13-5-2-8-22-14(13)16(26)25-9-3-6-18(20,11-25)17-23-15(24-27-17)12-4-1-7-21-10-12/h1-2,4-5,7-8,10H,3,6,9,11H2. The molecule has 7 nitrogen and oxygen atoms in total. The summed E-state index contributed by atoms with van der Waals surface area (Å²) in [7, 11) is 0. The van der Waals surface area contributed by atoms with Crippen LogP contribution < -0.4 is 0 Å². The lowest BCUT2D eigenvalue weighted by molar-refractivity contribution is 0.0146. The molecule has 1 fully saturated rings. The minimum atomic E-state index is -2.01. The molecule has 0 saturated carbocycles. The highest BCUT2D eigenvalue weighted by molar-refractivity contribution is 5.92. The van der Waals surface area contributed by atoms with Gasteiger partial charge in [0.15, 0.2) is 11.5 Å². The lowest BCUT2D eigenvalue weighted by Crippen LogP contribution is -2.47. The molecule has 3 aromatic heterocycles. The van der Waals surface area contributed by atoms with Crippen LogP contribution in [0.3, 0.4) is 0 Å². The quantitative estimate of drug-likeness (QED) is 0.704. The van der Waals surface area contributed by atoms with Crippen molar-refractivity contribution in [3.05, 3.63) is 60.3 Å². The summed E-state index contributed by atoms with van der Waals surface area (Å²) in [6.45, 7) is -0.0133. The van der Waals surface area contributed by atoms with E-state index in [1.165, 1.54) is 17.2 Å². The second-order valence-electron chi connectivity index (χ2n) is 6.29. The van der Waals surface area contributed by atoms with Gasteiger partial charge < -0.3 is 9.42 Å². The third-order valence-electron chi connectivity index (χ3n) is 4.42. The summed E-state index contributed by atoms with van der Waals surface area (Å²) in [6.07, 6.45) is 4.96. The Bertz CT molecular complexity index is 965. The van der Waals surface area contributed by atoms with E-state index in [1.807, 2.05) is 0 Å². The largest absolute Gasteiger partial charge is 0.335 e. The first-order valence-corrected chi connectivity index (χ1v) is 8.40. The molecule has 4 rings (SSSR count). The average molecular weight is 371 g/mol. The fraction of sp³-hybridized carbons (Fsp3) is 0.278. The fourth-order valence-corrected chi connectivity index (χ4v) is 3.07. The van der Waals surface area contributed by atoms with Gasteiger partial charge >= 0.3 is 0 Å². The number of likely N-dealkylation sites (tertiary alicyclic amines) is 1. The molecule has 1 unspecified atom stereocenters. The van der Waals surface area contributed by atoms with Gasteiger partial charge in [0, 0.05) is 30.7 Å². The molecule has 27 heavy (non-hydrogen) atoms. The number of pyridine rings is 2. The Morgan fingerprint density at radius 3 is 2.89 bits per heavy atom. The van der Waals surface area contributed by atoms with Crippen molar-refractivity contribution in [3.63, 3.8) is 0 Å². The SMILES string of the molecule is O=C(c1ncccc1F)N1CCCC(F)(c2nc(-c3cccnc3)no2)C1. The Hall–Kier alpha value is -3.23. The van der Waals surface area contributed by atoms with Crippen molar-refractivity contribution >= 4 is 5.91 Å². The molecule has 3 aromatic rings. The third kappa shape index (κ3) is 3.27. The number of aromatic nitrogens is 4. The summed E-state index contributed by atoms with van der Waals surface area (Å²) in [4.78, 5) is 25.6. The summed E-state index contributed by atoms with van der Waals surface area (Å²) in [5.74, 6) is -1.40. The molecule has 1 amide bonds. The number of rotatable bonds is 3. The maximum Gasteiger partial charge on any atom is 0.275 e. The van der Waals surface area contributed by atoms with E-state index in [1.54, 1.807) is 24.5 Å². The smallest absolute Gasteiger partial charge is 0.275 e. The molecule has 0 N–H and O–H groups in total. The van der Waals surface area contributed by atoms with Crippen LogP contribution in [0, 0.1) is 5.82 Å². The molecule has 1 saturated heterocycles. The van der Waals surface area contributed by atoms with Crippen LogP contribution in [0.1, 0.15) is 29.2 Å². The van der Waals surface area contributed by atoms with Crippen LogP contribution in [-0.4, -0.2) is 44.0 Å². The van der Waals surface area contributed by atoms with Crippen molar-refractivity contribution in [2.45, 2.75) is 18.5 Å². The second-order valence-corrected chi connectivity index (χ2v) is 6.29. The van der Waals surface area contributed by atoms with Gasteiger partial charge in [0.1, 0.15) is 0 Å². The number of carbonyl (C=O) groups excluding carboxylic acids is 1. The third-order valence-corrected chi connectivity index (χ3v) is 4.42. The van der Waals surface area contributed by atoms with Crippen LogP contribution in [0.4, 0.5) is 8.78 Å². The number of carbonyl (C=O) groups is 1. The van der Waals surface area contributed by atoms with Gasteiger partial charge in [-0.25, -0.2) is 13.8 Å². The van der Waals surface area contributed by atoms with Crippen molar-refractivity contribution in [1.82, 2.24) is 25.0 Å². The molecule has 0 bridgehead atoms. The van der Waals surface area contributed by atoms with Crippen LogP contribution in [0.5, 0.6) is 0 Å². The fourth-order valence-electron chi connectivity index (χ4n) is 3.07. The zero-order valence-electron chi connectivity index (χ0n) is 14.2. The predicted octanol–water partition coefficient (Wildman–Crippen LogP) is 2.77. The highest BCUT2D eigenvalue weighted by Crippen LogP contribution is 2.36. The van der Waals surface area contributed by atoms with Crippen LogP contribution in [0.2, 0.25) is 0 Å². The first-order valence-electron chi connectivity index (χ1n) is 8.40. The molecule has 0 aromatic carbocycles. The number of amides is 1. The Morgan fingerprint density at radius 2 is 2.11 bits per heavy atom. The predicted molar refractivity (Wildman–Crippen MR) is 89.6 cm³/mol. The van der Waals surface area contributed by atoms with Gasteiger partial charge in [-0.15, -0.1) is 0 Å². The lowest BCUT2D eigenvalue weighted by atomic mass is 9.94. The number of alkyl halides is 1. The lowest BCUT2D eigenvalue weighted by Gasteiger charge is -2.34. The minimum Gasteiger partial charge on any atom is -0.335 e. The van der Waals surface area contributed by atoms with Crippen LogP contribution in [0.15, 0.2) is 47.4 Å². The zero-order valence-corrected chi connectivity index (χ0v) is 14.2. The van der Waals surface area contributed by atoms with E-state index in [4.69, 9.17) is 4.52 Å². The number of hydrogen-bond acceptors (Lipinski definition) is 6. The summed E-state index contributed by atoms with van der Waals surface area (Å²) in [5, 5.41) is 3.81. The normalized spacial score (nSPS) is 19.9. The van der Waals surface area contributed by atoms with Crippen molar-refractivity contribution in [3.8, 4) is 11.4 Å². The van der Waals surface area contributed by atoms with E-state index < -0.39 is 17.4 Å². The van der Waals surface area contributed by atoms with Crippen LogP contribution in [0.25, 0.3) is 11.4 Å². The van der Waals surface area contributed by atoms with E-state index in [9.17, 15) is 9.18 Å².